The summed E-state index contributed by atoms with van der Waals surface area (Å²) in [5, 5.41) is 2.86. The quantitative estimate of drug-likeness (QED) is 0.593. The van der Waals surface area contributed by atoms with Crippen molar-refractivity contribution in [3.8, 4) is 11.1 Å². The highest BCUT2D eigenvalue weighted by molar-refractivity contribution is 5.78. The number of hydrogen-bond donors (Lipinski definition) is 1. The summed E-state index contributed by atoms with van der Waals surface area (Å²) in [4.78, 5) is 19.0. The number of carbonyl (C=O) groups is 1. The molecule has 1 fully saturated rings. The Morgan fingerprint density at radius 3 is 2.66 bits per heavy atom. The lowest BCUT2D eigenvalue weighted by molar-refractivity contribution is -0.120. The minimum Gasteiger partial charge on any atom is -0.492 e. The van der Waals surface area contributed by atoms with Gasteiger partial charge in [-0.3, -0.25) is 14.7 Å². The van der Waals surface area contributed by atoms with Crippen molar-refractivity contribution in [1.29, 1.82) is 0 Å². The minimum atomic E-state index is -1.25. The molecule has 1 N–H and O–H groups in total. The van der Waals surface area contributed by atoms with Crippen molar-refractivity contribution in [3.63, 3.8) is 0 Å². The first-order chi connectivity index (χ1) is 17.0. The van der Waals surface area contributed by atoms with E-state index in [1.165, 1.54) is 24.3 Å². The Morgan fingerprint density at radius 1 is 1.14 bits per heavy atom. The van der Waals surface area contributed by atoms with Crippen molar-refractivity contribution in [2.24, 2.45) is 0 Å². The van der Waals surface area contributed by atoms with Gasteiger partial charge in [-0.2, -0.15) is 0 Å². The van der Waals surface area contributed by atoms with Crippen molar-refractivity contribution >= 4 is 5.91 Å². The molecule has 1 aromatic carbocycles. The lowest BCUT2D eigenvalue weighted by atomic mass is 10.1. The molecule has 1 unspecified atom stereocenters. The third-order valence-electron chi connectivity index (χ3n) is 5.76. The monoisotopic (exact) mass is 481 g/mol. The molecule has 0 spiro atoms. The van der Waals surface area contributed by atoms with Crippen LogP contribution in [-0.2, 0) is 20.7 Å². The van der Waals surface area contributed by atoms with E-state index in [9.17, 15) is 13.6 Å². The van der Waals surface area contributed by atoms with Crippen LogP contribution in [0.4, 0.5) is 8.78 Å². The largest absolute Gasteiger partial charge is 0.492 e. The fraction of sp³-hybridized carbons (Fsp3) is 0.333. The van der Waals surface area contributed by atoms with E-state index >= 15 is 0 Å². The van der Waals surface area contributed by atoms with Gasteiger partial charge in [0.1, 0.15) is 24.4 Å². The van der Waals surface area contributed by atoms with Gasteiger partial charge in [0.05, 0.1) is 19.6 Å². The van der Waals surface area contributed by atoms with Crippen LogP contribution in [0.5, 0.6) is 0 Å². The van der Waals surface area contributed by atoms with Gasteiger partial charge in [0.25, 0.3) is 0 Å². The van der Waals surface area contributed by atoms with Gasteiger partial charge < -0.3 is 14.8 Å². The zero-order valence-electron chi connectivity index (χ0n) is 19.5. The molecule has 1 saturated heterocycles. The van der Waals surface area contributed by atoms with Crippen molar-refractivity contribution in [3.05, 3.63) is 89.7 Å². The molecule has 35 heavy (non-hydrogen) atoms. The van der Waals surface area contributed by atoms with Gasteiger partial charge in [0.15, 0.2) is 0 Å². The molecule has 6 nitrogen and oxygen atoms in total. The summed E-state index contributed by atoms with van der Waals surface area (Å²) in [5.74, 6) is -0.0305. The van der Waals surface area contributed by atoms with Crippen LogP contribution in [0.15, 0.2) is 78.2 Å². The van der Waals surface area contributed by atoms with Crippen molar-refractivity contribution < 1.29 is 23.0 Å². The van der Waals surface area contributed by atoms with E-state index < -0.39 is 6.17 Å². The number of amides is 1. The number of ether oxygens (including phenoxy) is 2. The molecule has 8 heteroatoms. The second-order valence-electron chi connectivity index (χ2n) is 8.39. The molecular formula is C27H29F2N3O3. The lowest BCUT2D eigenvalue weighted by Crippen LogP contribution is -2.38. The Hall–Kier alpha value is -3.36. The van der Waals surface area contributed by atoms with Crippen molar-refractivity contribution in [2.45, 2.75) is 12.6 Å². The van der Waals surface area contributed by atoms with Gasteiger partial charge in [0, 0.05) is 43.6 Å². The van der Waals surface area contributed by atoms with E-state index in [1.54, 1.807) is 36.5 Å². The summed E-state index contributed by atoms with van der Waals surface area (Å²) in [7, 11) is 0. The molecule has 0 bridgehead atoms. The molecule has 0 saturated carbocycles. The number of hydrogen-bond acceptors (Lipinski definition) is 5. The van der Waals surface area contributed by atoms with E-state index in [1.807, 2.05) is 6.07 Å². The number of halogens is 2. The van der Waals surface area contributed by atoms with Crippen molar-refractivity contribution in [2.75, 3.05) is 46.0 Å². The van der Waals surface area contributed by atoms with E-state index in [-0.39, 0.29) is 24.7 Å². The summed E-state index contributed by atoms with van der Waals surface area (Å²) in [6.07, 6.45) is 6.82. The smallest absolute Gasteiger partial charge is 0.226 e. The Morgan fingerprint density at radius 2 is 1.91 bits per heavy atom. The molecule has 4 rings (SSSR count). The Bertz CT molecular complexity index is 1080. The average molecular weight is 482 g/mol. The second-order valence-corrected chi connectivity index (χ2v) is 8.39. The third kappa shape index (κ3) is 7.83. The summed E-state index contributed by atoms with van der Waals surface area (Å²) in [5.41, 5.74) is 3.06. The van der Waals surface area contributed by atoms with Gasteiger partial charge >= 0.3 is 0 Å². The van der Waals surface area contributed by atoms with Crippen LogP contribution in [0, 0.1) is 5.82 Å². The third-order valence-corrected chi connectivity index (χ3v) is 5.76. The first-order valence-electron chi connectivity index (χ1n) is 11.7. The van der Waals surface area contributed by atoms with Gasteiger partial charge in [-0.15, -0.1) is 0 Å². The summed E-state index contributed by atoms with van der Waals surface area (Å²) >= 11 is 0. The van der Waals surface area contributed by atoms with Crippen molar-refractivity contribution in [1.82, 2.24) is 15.2 Å². The molecule has 184 valence electrons. The maximum Gasteiger partial charge on any atom is 0.226 e. The van der Waals surface area contributed by atoms with Gasteiger partial charge in [-0.25, -0.2) is 8.78 Å². The Balaban J connectivity index is 1.26. The molecule has 2 aromatic rings. The van der Waals surface area contributed by atoms with Crippen LogP contribution in [-0.4, -0.2) is 68.0 Å². The maximum absolute atomic E-state index is 14.1. The highest BCUT2D eigenvalue weighted by Gasteiger charge is 2.13. The van der Waals surface area contributed by atoms with Crippen LogP contribution in [0.3, 0.4) is 0 Å². The van der Waals surface area contributed by atoms with Crippen LogP contribution in [0.2, 0.25) is 0 Å². The van der Waals surface area contributed by atoms with Gasteiger partial charge in [0.2, 0.25) is 5.91 Å². The van der Waals surface area contributed by atoms with Gasteiger partial charge in [-0.1, -0.05) is 24.3 Å². The number of morpholine rings is 1. The number of nitrogens with one attached hydrogen (secondary N) is 1. The topological polar surface area (TPSA) is 63.7 Å². The molecule has 1 amide bonds. The molecule has 1 aliphatic carbocycles. The van der Waals surface area contributed by atoms with Crippen LogP contribution < -0.4 is 5.32 Å². The number of alkyl halides is 1. The number of carbonyl (C=O) groups excluding carboxylic acids is 1. The summed E-state index contributed by atoms with van der Waals surface area (Å²) in [6, 6.07) is 9.79. The van der Waals surface area contributed by atoms with Crippen LogP contribution in [0.1, 0.15) is 5.69 Å². The number of allylic oxidation sites excluding steroid dienone is 3. The van der Waals surface area contributed by atoms with E-state index in [2.05, 4.69) is 15.2 Å². The van der Waals surface area contributed by atoms with Crippen LogP contribution >= 0.6 is 0 Å². The number of rotatable bonds is 9. The van der Waals surface area contributed by atoms with E-state index in [0.717, 1.165) is 49.5 Å². The maximum atomic E-state index is 14.1. The van der Waals surface area contributed by atoms with E-state index in [0.29, 0.717) is 18.1 Å². The zero-order valence-corrected chi connectivity index (χ0v) is 19.5. The minimum absolute atomic E-state index is 0.116. The fourth-order valence-corrected chi connectivity index (χ4v) is 3.79. The lowest BCUT2D eigenvalue weighted by Gasteiger charge is -2.26. The fourth-order valence-electron chi connectivity index (χ4n) is 3.79. The molecule has 2 heterocycles. The molecule has 0 radical (unpaired) electrons. The molecule has 1 aliphatic heterocycles. The summed E-state index contributed by atoms with van der Waals surface area (Å²) < 4.78 is 38.3. The van der Waals surface area contributed by atoms with E-state index in [4.69, 9.17) is 9.47 Å². The summed E-state index contributed by atoms with van der Waals surface area (Å²) in [6.45, 7) is 4.62. The predicted octanol–water partition coefficient (Wildman–Crippen LogP) is 3.61. The number of nitrogens with zero attached hydrogens (tertiary/aromatic N) is 2. The SMILES string of the molecule is O=C(Cc1ccc(-c2ccc(F)cc2)cn1)NCC1=CC(OCCN2CCOCC2)=CC(F)C=C1. The predicted molar refractivity (Wildman–Crippen MR) is 130 cm³/mol. The molecular weight excluding hydrogens is 452 g/mol. The Labute approximate surface area is 203 Å². The highest BCUT2D eigenvalue weighted by Crippen LogP contribution is 2.19. The second kappa shape index (κ2) is 12.4. The average Bonchev–Trinajstić information content (AvgIpc) is 3.05. The number of aromatic nitrogens is 1. The standard InChI is InChI=1S/C27H29F2N3O3/c28-23-6-2-21(3-7-23)22-4-8-25(30-19-22)17-27(33)31-18-20-1-5-24(29)16-26(15-20)35-14-11-32-9-12-34-13-10-32/h1-8,15-16,19,24H,9-14,17-18H2,(H,31,33). The molecule has 1 atom stereocenters. The molecule has 2 aliphatic rings. The number of pyridine rings is 1. The number of benzene rings is 1. The Kier molecular flexibility index (Phi) is 8.75. The highest BCUT2D eigenvalue weighted by atomic mass is 19.1. The zero-order chi connectivity index (χ0) is 24.5. The normalized spacial score (nSPS) is 18.4. The first-order valence-corrected chi connectivity index (χ1v) is 11.7. The molecule has 1 aromatic heterocycles. The van der Waals surface area contributed by atoms with Gasteiger partial charge in [-0.05, 0) is 47.6 Å². The van der Waals surface area contributed by atoms with Crippen LogP contribution in [0.25, 0.3) is 11.1 Å². The first kappa shape index (κ1) is 24.8.